The molecule has 0 heterocycles. The summed E-state index contributed by atoms with van der Waals surface area (Å²) in [6.07, 6.45) is 62.1. The first kappa shape index (κ1) is 57.9. The fraction of sp³-hybridized carbons (Fsp3) is 0.727. The van der Waals surface area contributed by atoms with Crippen molar-refractivity contribution in [1.29, 1.82) is 0 Å². The number of hydrogen-bond donors (Lipinski definition) is 0. The lowest BCUT2D eigenvalue weighted by atomic mass is 10.1. The van der Waals surface area contributed by atoms with Crippen molar-refractivity contribution in [3.63, 3.8) is 0 Å². The molecule has 6 nitrogen and oxygen atoms in total. The van der Waals surface area contributed by atoms with Gasteiger partial charge < -0.3 is 14.2 Å². The van der Waals surface area contributed by atoms with E-state index in [1.165, 1.54) is 128 Å². The number of rotatable bonds is 45. The molecule has 0 saturated carbocycles. The van der Waals surface area contributed by atoms with Crippen LogP contribution in [0.3, 0.4) is 0 Å². The highest BCUT2D eigenvalue weighted by Crippen LogP contribution is 2.14. The first-order chi connectivity index (χ1) is 30.0. The van der Waals surface area contributed by atoms with Gasteiger partial charge in [0, 0.05) is 12.8 Å². The zero-order chi connectivity index (χ0) is 44.4. The van der Waals surface area contributed by atoms with E-state index in [-0.39, 0.29) is 31.6 Å². The van der Waals surface area contributed by atoms with Crippen LogP contribution in [0.4, 0.5) is 0 Å². The van der Waals surface area contributed by atoms with Crippen molar-refractivity contribution < 1.29 is 28.6 Å². The fourth-order valence-corrected chi connectivity index (χ4v) is 6.90. The van der Waals surface area contributed by atoms with Crippen LogP contribution < -0.4 is 0 Å². The number of carbonyl (C=O) groups excluding carboxylic acids is 3. The van der Waals surface area contributed by atoms with Gasteiger partial charge in [-0.3, -0.25) is 14.4 Å². The smallest absolute Gasteiger partial charge is 0.309 e. The predicted octanol–water partition coefficient (Wildman–Crippen LogP) is 16.6. The molecule has 0 radical (unpaired) electrons. The molecule has 0 bridgehead atoms. The van der Waals surface area contributed by atoms with Crippen molar-refractivity contribution in [1.82, 2.24) is 0 Å². The maximum Gasteiger partial charge on any atom is 0.309 e. The van der Waals surface area contributed by atoms with Crippen molar-refractivity contribution >= 4 is 17.9 Å². The van der Waals surface area contributed by atoms with E-state index in [9.17, 15) is 14.4 Å². The average Bonchev–Trinajstić information content (AvgIpc) is 3.26. The Balaban J connectivity index is 4.37. The van der Waals surface area contributed by atoms with Gasteiger partial charge in [-0.2, -0.15) is 0 Å². The molecular formula is C55H94O6. The van der Waals surface area contributed by atoms with E-state index in [0.29, 0.717) is 12.8 Å². The molecule has 1 atom stereocenters. The number of ether oxygens (including phenoxy) is 3. The van der Waals surface area contributed by atoms with E-state index in [0.717, 1.165) is 70.6 Å². The molecule has 0 aliphatic heterocycles. The molecule has 0 aliphatic carbocycles. The van der Waals surface area contributed by atoms with Gasteiger partial charge in [0.2, 0.25) is 0 Å². The lowest BCUT2D eigenvalue weighted by molar-refractivity contribution is -0.166. The van der Waals surface area contributed by atoms with Crippen LogP contribution in [0.15, 0.2) is 72.9 Å². The minimum Gasteiger partial charge on any atom is -0.462 e. The highest BCUT2D eigenvalue weighted by Gasteiger charge is 2.19. The Morgan fingerprint density at radius 2 is 0.754 bits per heavy atom. The first-order valence-electron chi connectivity index (χ1n) is 25.5. The molecule has 0 aromatic rings. The van der Waals surface area contributed by atoms with Crippen LogP contribution in [0.25, 0.3) is 0 Å². The Morgan fingerprint density at radius 1 is 0.377 bits per heavy atom. The first-order valence-corrected chi connectivity index (χ1v) is 25.5. The quantitative estimate of drug-likeness (QED) is 0.0200. The second-order valence-corrected chi connectivity index (χ2v) is 16.7. The van der Waals surface area contributed by atoms with Crippen LogP contribution in [0.1, 0.15) is 239 Å². The third kappa shape index (κ3) is 47.7. The maximum absolute atomic E-state index is 12.8. The molecule has 0 rings (SSSR count). The number of esters is 3. The Labute approximate surface area is 376 Å². The third-order valence-electron chi connectivity index (χ3n) is 10.7. The molecule has 61 heavy (non-hydrogen) atoms. The van der Waals surface area contributed by atoms with Gasteiger partial charge in [0.05, 0.1) is 6.42 Å². The SMILES string of the molecule is CC/C=C\C/C=C\C/C=C\CC(=O)OCC(COC(=O)CCCCCCCCC/C=C\CCCCCCCCCC)OC(=O)CCCCCCCC/C=C\C=C/CCCCC. The van der Waals surface area contributed by atoms with Crippen molar-refractivity contribution in [2.45, 2.75) is 245 Å². The lowest BCUT2D eigenvalue weighted by Crippen LogP contribution is -2.30. The number of hydrogen-bond acceptors (Lipinski definition) is 6. The summed E-state index contributed by atoms with van der Waals surface area (Å²) < 4.78 is 16.6. The van der Waals surface area contributed by atoms with Gasteiger partial charge in [0.15, 0.2) is 6.10 Å². The topological polar surface area (TPSA) is 78.9 Å². The molecule has 0 aromatic heterocycles. The van der Waals surface area contributed by atoms with Gasteiger partial charge in [0.25, 0.3) is 0 Å². The molecule has 0 N–H and O–H groups in total. The Morgan fingerprint density at radius 3 is 1.26 bits per heavy atom. The van der Waals surface area contributed by atoms with Crippen molar-refractivity contribution in [2.24, 2.45) is 0 Å². The fourth-order valence-electron chi connectivity index (χ4n) is 6.90. The largest absolute Gasteiger partial charge is 0.462 e. The van der Waals surface area contributed by atoms with E-state index >= 15 is 0 Å². The van der Waals surface area contributed by atoms with E-state index in [1.54, 1.807) is 6.08 Å². The second-order valence-electron chi connectivity index (χ2n) is 16.7. The average molecular weight is 851 g/mol. The summed E-state index contributed by atoms with van der Waals surface area (Å²) in [4.78, 5) is 37.8. The van der Waals surface area contributed by atoms with E-state index in [2.05, 4.69) is 81.5 Å². The van der Waals surface area contributed by atoms with E-state index < -0.39 is 12.1 Å². The number of allylic oxidation sites excluding steroid dienone is 11. The molecule has 0 amide bonds. The summed E-state index contributed by atoms with van der Waals surface area (Å²) in [7, 11) is 0. The molecule has 0 aliphatic rings. The molecule has 1 unspecified atom stereocenters. The summed E-state index contributed by atoms with van der Waals surface area (Å²) in [6.45, 7) is 6.38. The summed E-state index contributed by atoms with van der Waals surface area (Å²) >= 11 is 0. The predicted molar refractivity (Wildman–Crippen MR) is 261 cm³/mol. The summed E-state index contributed by atoms with van der Waals surface area (Å²) in [5.74, 6) is -1.06. The van der Waals surface area contributed by atoms with Crippen LogP contribution in [0.2, 0.25) is 0 Å². The van der Waals surface area contributed by atoms with Crippen LogP contribution in [-0.2, 0) is 28.6 Å². The highest BCUT2D eigenvalue weighted by atomic mass is 16.6. The zero-order valence-electron chi connectivity index (χ0n) is 39.9. The molecule has 350 valence electrons. The van der Waals surface area contributed by atoms with Gasteiger partial charge >= 0.3 is 17.9 Å². The van der Waals surface area contributed by atoms with Crippen molar-refractivity contribution in [3.8, 4) is 0 Å². The molecule has 6 heteroatoms. The summed E-state index contributed by atoms with van der Waals surface area (Å²) in [6, 6.07) is 0. The zero-order valence-corrected chi connectivity index (χ0v) is 39.9. The van der Waals surface area contributed by atoms with Gasteiger partial charge in [-0.1, -0.05) is 209 Å². The number of unbranched alkanes of at least 4 members (excludes halogenated alkanes) is 24. The second kappa shape index (κ2) is 49.5. The van der Waals surface area contributed by atoms with Crippen LogP contribution in [0.5, 0.6) is 0 Å². The summed E-state index contributed by atoms with van der Waals surface area (Å²) in [5.41, 5.74) is 0. The standard InChI is InChI=1S/C55H94O6/c1-4-7-10-13-16-19-21-23-25-26-27-28-30-31-33-36-39-42-45-48-54(57)60-51-52(50-59-53(56)47-44-41-38-35-18-15-12-9-6-3)61-55(58)49-46-43-40-37-34-32-29-24-22-20-17-14-11-8-5-2/h9,12,17-18,20,22,24,26-27,35,41,44,52H,4-8,10-11,13-16,19,21,23,25,28-34,36-40,42-43,45-51H2,1-3H3/b12-9-,20-17-,24-22-,27-26-,35-18-,44-41-. The number of carbonyl (C=O) groups is 3. The van der Waals surface area contributed by atoms with Gasteiger partial charge in [-0.25, -0.2) is 0 Å². The van der Waals surface area contributed by atoms with Crippen LogP contribution in [-0.4, -0.2) is 37.2 Å². The molecule has 0 aromatic carbocycles. The Kier molecular flexibility index (Phi) is 46.9. The summed E-state index contributed by atoms with van der Waals surface area (Å²) in [5, 5.41) is 0. The normalized spacial score (nSPS) is 12.6. The van der Waals surface area contributed by atoms with Crippen LogP contribution >= 0.6 is 0 Å². The Bertz CT molecular complexity index is 1160. The molecule has 0 fully saturated rings. The van der Waals surface area contributed by atoms with Gasteiger partial charge in [0.1, 0.15) is 13.2 Å². The lowest BCUT2D eigenvalue weighted by Gasteiger charge is -2.18. The molecule has 0 saturated heterocycles. The monoisotopic (exact) mass is 851 g/mol. The maximum atomic E-state index is 12.8. The molecule has 0 spiro atoms. The van der Waals surface area contributed by atoms with Gasteiger partial charge in [-0.05, 0) is 83.5 Å². The third-order valence-corrected chi connectivity index (χ3v) is 10.7. The van der Waals surface area contributed by atoms with Gasteiger partial charge in [-0.15, -0.1) is 0 Å². The Hall–Kier alpha value is -3.15. The van der Waals surface area contributed by atoms with E-state index in [4.69, 9.17) is 14.2 Å². The van der Waals surface area contributed by atoms with Crippen molar-refractivity contribution in [2.75, 3.05) is 13.2 Å². The minimum absolute atomic E-state index is 0.109. The van der Waals surface area contributed by atoms with Crippen LogP contribution in [0, 0.1) is 0 Å². The van der Waals surface area contributed by atoms with E-state index in [1.807, 2.05) is 6.08 Å². The van der Waals surface area contributed by atoms with Crippen molar-refractivity contribution in [3.05, 3.63) is 72.9 Å². The highest BCUT2D eigenvalue weighted by molar-refractivity contribution is 5.72. The molecular weight excluding hydrogens is 757 g/mol. The minimum atomic E-state index is -0.817.